The van der Waals surface area contributed by atoms with Crippen LogP contribution in [-0.2, 0) is 11.3 Å². The first-order valence-electron chi connectivity index (χ1n) is 7.78. The summed E-state index contributed by atoms with van der Waals surface area (Å²) >= 11 is 0. The highest BCUT2D eigenvalue weighted by Crippen LogP contribution is 2.22. The molecule has 0 spiro atoms. The number of benzene rings is 2. The van der Waals surface area contributed by atoms with Crippen molar-refractivity contribution < 1.29 is 18.7 Å². The summed E-state index contributed by atoms with van der Waals surface area (Å²) in [6.45, 7) is 3.77. The van der Waals surface area contributed by atoms with E-state index in [1.54, 1.807) is 12.1 Å². The van der Waals surface area contributed by atoms with E-state index >= 15 is 0 Å². The molecule has 0 N–H and O–H groups in total. The number of carbonyl (C=O) groups is 1. The van der Waals surface area contributed by atoms with Crippen LogP contribution in [-0.4, -0.2) is 23.3 Å². The molecule has 1 heterocycles. The van der Waals surface area contributed by atoms with Gasteiger partial charge in [0.05, 0.1) is 7.11 Å². The molecule has 3 rings (SSSR count). The van der Waals surface area contributed by atoms with Gasteiger partial charge in [-0.25, -0.2) is 4.79 Å². The summed E-state index contributed by atoms with van der Waals surface area (Å²) in [5.74, 6) is 0.580. The molecular weight excluding hydrogens is 320 g/mol. The Hall–Kier alpha value is -3.15. The van der Waals surface area contributed by atoms with Crippen molar-refractivity contribution in [3.8, 4) is 17.2 Å². The summed E-state index contributed by atoms with van der Waals surface area (Å²) in [5, 5.41) is 7.92. The van der Waals surface area contributed by atoms with E-state index in [0.29, 0.717) is 17.2 Å². The van der Waals surface area contributed by atoms with E-state index in [2.05, 4.69) is 10.2 Å². The fraction of sp³-hybridized carbons (Fsp3) is 0.211. The van der Waals surface area contributed by atoms with E-state index in [9.17, 15) is 4.79 Å². The van der Waals surface area contributed by atoms with Gasteiger partial charge in [-0.1, -0.05) is 29.3 Å². The zero-order valence-electron chi connectivity index (χ0n) is 14.3. The minimum atomic E-state index is -0.504. The molecule has 0 aliphatic rings. The van der Waals surface area contributed by atoms with Gasteiger partial charge in [-0.2, -0.15) is 0 Å². The Labute approximate surface area is 145 Å². The summed E-state index contributed by atoms with van der Waals surface area (Å²) in [6, 6.07) is 13.0. The summed E-state index contributed by atoms with van der Waals surface area (Å²) in [5.41, 5.74) is 3.22. The minimum Gasteiger partial charge on any atom is -0.496 e. The number of hydrogen-bond acceptors (Lipinski definition) is 6. The fourth-order valence-electron chi connectivity index (χ4n) is 2.39. The van der Waals surface area contributed by atoms with Crippen LogP contribution >= 0.6 is 0 Å². The maximum Gasteiger partial charge on any atom is 0.342 e. The molecule has 6 nitrogen and oxygen atoms in total. The largest absolute Gasteiger partial charge is 0.496 e. The normalized spacial score (nSPS) is 10.5. The summed E-state index contributed by atoms with van der Waals surface area (Å²) in [4.78, 5) is 12.3. The maximum atomic E-state index is 12.3. The van der Waals surface area contributed by atoms with Gasteiger partial charge >= 0.3 is 5.97 Å². The molecule has 0 bridgehead atoms. The molecule has 3 aromatic rings. The molecule has 128 valence electrons. The molecule has 0 aliphatic carbocycles. The van der Waals surface area contributed by atoms with Crippen molar-refractivity contribution in [2.24, 2.45) is 0 Å². The van der Waals surface area contributed by atoms with Crippen LogP contribution in [0.1, 0.15) is 27.4 Å². The Morgan fingerprint density at radius 2 is 1.88 bits per heavy atom. The minimum absolute atomic E-state index is 0.102. The number of rotatable bonds is 5. The Balaban J connectivity index is 1.70. The van der Waals surface area contributed by atoms with Crippen molar-refractivity contribution in [1.29, 1.82) is 0 Å². The number of hydrogen-bond donors (Lipinski definition) is 0. The lowest BCUT2D eigenvalue weighted by atomic mass is 10.1. The third kappa shape index (κ3) is 3.85. The van der Waals surface area contributed by atoms with Gasteiger partial charge in [0.1, 0.15) is 11.3 Å². The highest BCUT2D eigenvalue weighted by Gasteiger charge is 2.16. The molecule has 6 heteroatoms. The molecule has 0 saturated carbocycles. The Kier molecular flexibility index (Phi) is 4.79. The van der Waals surface area contributed by atoms with E-state index in [-0.39, 0.29) is 12.5 Å². The molecule has 1 aromatic heterocycles. The van der Waals surface area contributed by atoms with E-state index in [4.69, 9.17) is 13.9 Å². The predicted octanol–water partition coefficient (Wildman–Crippen LogP) is 3.72. The first-order chi connectivity index (χ1) is 12.1. The van der Waals surface area contributed by atoms with Crippen molar-refractivity contribution >= 4 is 5.97 Å². The fourth-order valence-corrected chi connectivity index (χ4v) is 2.39. The van der Waals surface area contributed by atoms with Gasteiger partial charge in [0.25, 0.3) is 5.89 Å². The lowest BCUT2D eigenvalue weighted by Crippen LogP contribution is -2.07. The molecule has 25 heavy (non-hydrogen) atoms. The number of ether oxygens (including phenoxy) is 2. The third-order valence-corrected chi connectivity index (χ3v) is 3.63. The van der Waals surface area contributed by atoms with E-state index in [1.807, 2.05) is 44.2 Å². The van der Waals surface area contributed by atoms with Gasteiger partial charge in [0.2, 0.25) is 5.89 Å². The SMILES string of the molecule is COc1ccc(C)cc1C(=O)OCc1nnc(-c2cccc(C)c2)o1. The zero-order chi connectivity index (χ0) is 17.8. The van der Waals surface area contributed by atoms with E-state index in [0.717, 1.165) is 16.7 Å². The number of methoxy groups -OCH3 is 1. The summed E-state index contributed by atoms with van der Waals surface area (Å²) < 4.78 is 16.0. The first-order valence-corrected chi connectivity index (χ1v) is 7.78. The number of nitrogens with zero attached hydrogens (tertiary/aromatic N) is 2. The van der Waals surface area contributed by atoms with Gasteiger partial charge in [0.15, 0.2) is 6.61 Å². The summed E-state index contributed by atoms with van der Waals surface area (Å²) in [6.07, 6.45) is 0. The maximum absolute atomic E-state index is 12.3. The molecular formula is C19H18N2O4. The standard InChI is InChI=1S/C19H18N2O4/c1-12-5-4-6-14(9-12)18-21-20-17(25-18)11-24-19(22)15-10-13(2)7-8-16(15)23-3/h4-10H,11H2,1-3H3. The molecule has 0 radical (unpaired) electrons. The Bertz CT molecular complexity index is 902. The first kappa shape index (κ1) is 16.7. The third-order valence-electron chi connectivity index (χ3n) is 3.63. The second kappa shape index (κ2) is 7.17. The highest BCUT2D eigenvalue weighted by molar-refractivity contribution is 5.92. The van der Waals surface area contributed by atoms with Crippen molar-refractivity contribution in [2.45, 2.75) is 20.5 Å². The van der Waals surface area contributed by atoms with E-state index in [1.165, 1.54) is 7.11 Å². The molecule has 0 atom stereocenters. The van der Waals surface area contributed by atoms with Crippen molar-refractivity contribution in [3.63, 3.8) is 0 Å². The van der Waals surface area contributed by atoms with Crippen LogP contribution in [0.25, 0.3) is 11.5 Å². The summed E-state index contributed by atoms with van der Waals surface area (Å²) in [7, 11) is 1.51. The average molecular weight is 338 g/mol. The zero-order valence-corrected chi connectivity index (χ0v) is 14.3. The smallest absolute Gasteiger partial charge is 0.342 e. The molecule has 0 aliphatic heterocycles. The van der Waals surface area contributed by atoms with Gasteiger partial charge in [0, 0.05) is 5.56 Å². The topological polar surface area (TPSA) is 74.5 Å². The van der Waals surface area contributed by atoms with E-state index < -0.39 is 5.97 Å². The predicted molar refractivity (Wildman–Crippen MR) is 91.3 cm³/mol. The van der Waals surface area contributed by atoms with Crippen molar-refractivity contribution in [3.05, 3.63) is 65.0 Å². The lowest BCUT2D eigenvalue weighted by molar-refractivity contribution is 0.0435. The molecule has 0 saturated heterocycles. The average Bonchev–Trinajstić information content (AvgIpc) is 3.08. The molecule has 0 unspecified atom stereocenters. The Morgan fingerprint density at radius 1 is 1.08 bits per heavy atom. The van der Waals surface area contributed by atoms with Gasteiger partial charge in [-0.15, -0.1) is 10.2 Å². The van der Waals surface area contributed by atoms with Crippen LogP contribution < -0.4 is 4.74 Å². The molecule has 2 aromatic carbocycles. The van der Waals surface area contributed by atoms with Crippen LogP contribution in [0.3, 0.4) is 0 Å². The number of carbonyl (C=O) groups excluding carboxylic acids is 1. The molecule has 0 amide bonds. The molecule has 0 fully saturated rings. The van der Waals surface area contributed by atoms with Gasteiger partial charge in [-0.3, -0.25) is 0 Å². The van der Waals surface area contributed by atoms with Crippen LogP contribution in [0.2, 0.25) is 0 Å². The number of aromatic nitrogens is 2. The van der Waals surface area contributed by atoms with Crippen molar-refractivity contribution in [2.75, 3.05) is 7.11 Å². The van der Waals surface area contributed by atoms with Crippen LogP contribution in [0.4, 0.5) is 0 Å². The quantitative estimate of drug-likeness (QED) is 0.660. The van der Waals surface area contributed by atoms with Crippen LogP contribution in [0, 0.1) is 13.8 Å². The number of esters is 1. The van der Waals surface area contributed by atoms with Crippen LogP contribution in [0.5, 0.6) is 5.75 Å². The lowest BCUT2D eigenvalue weighted by Gasteiger charge is -2.08. The monoisotopic (exact) mass is 338 g/mol. The van der Waals surface area contributed by atoms with Gasteiger partial charge in [-0.05, 0) is 38.1 Å². The van der Waals surface area contributed by atoms with Crippen molar-refractivity contribution in [1.82, 2.24) is 10.2 Å². The second-order valence-electron chi connectivity index (χ2n) is 5.65. The van der Waals surface area contributed by atoms with Gasteiger partial charge < -0.3 is 13.9 Å². The Morgan fingerprint density at radius 3 is 2.64 bits per heavy atom. The van der Waals surface area contributed by atoms with Crippen LogP contribution in [0.15, 0.2) is 46.9 Å². The highest BCUT2D eigenvalue weighted by atomic mass is 16.5. The second-order valence-corrected chi connectivity index (χ2v) is 5.65. The number of aryl methyl sites for hydroxylation is 2.